The van der Waals surface area contributed by atoms with Gasteiger partial charge in [-0.3, -0.25) is 4.84 Å². The van der Waals surface area contributed by atoms with Crippen molar-refractivity contribution in [2.24, 2.45) is 0 Å². The standard InChI is InChI=1S/C2H4NOS/c1-3-4-2-5-1/h1,3H,2H2. The second-order valence-corrected chi connectivity index (χ2v) is 1.47. The van der Waals surface area contributed by atoms with Crippen molar-refractivity contribution in [3.63, 3.8) is 0 Å². The Morgan fingerprint density at radius 2 is 3.00 bits per heavy atom. The second kappa shape index (κ2) is 1.64. The van der Waals surface area contributed by atoms with Gasteiger partial charge in [-0.15, -0.1) is 11.8 Å². The number of nitrogens with one attached hydrogen (secondary N) is 1. The molecule has 0 spiro atoms. The molecule has 1 saturated heterocycles. The molecule has 0 atom stereocenters. The van der Waals surface area contributed by atoms with Crippen LogP contribution in [-0.4, -0.2) is 5.94 Å². The van der Waals surface area contributed by atoms with E-state index in [9.17, 15) is 0 Å². The monoisotopic (exact) mass is 90.0 g/mol. The van der Waals surface area contributed by atoms with E-state index in [0.29, 0.717) is 0 Å². The van der Waals surface area contributed by atoms with E-state index < -0.39 is 0 Å². The SMILES string of the molecule is [CH]1NOCS1. The average molecular weight is 90.1 g/mol. The zero-order chi connectivity index (χ0) is 3.54. The van der Waals surface area contributed by atoms with Crippen molar-refractivity contribution in [1.29, 1.82) is 0 Å². The van der Waals surface area contributed by atoms with Crippen molar-refractivity contribution in [3.8, 4) is 0 Å². The van der Waals surface area contributed by atoms with Crippen LogP contribution in [0.25, 0.3) is 0 Å². The zero-order valence-electron chi connectivity index (χ0n) is 2.60. The van der Waals surface area contributed by atoms with Crippen LogP contribution in [0.2, 0.25) is 0 Å². The Morgan fingerprint density at radius 3 is 3.20 bits per heavy atom. The average Bonchev–Trinajstić information content (AvgIpc) is 1.76. The van der Waals surface area contributed by atoms with Crippen molar-refractivity contribution >= 4 is 11.8 Å². The first-order chi connectivity index (χ1) is 2.50. The molecule has 0 saturated carbocycles. The molecule has 29 valence electrons. The molecule has 1 heterocycles. The van der Waals surface area contributed by atoms with E-state index in [0.717, 1.165) is 5.94 Å². The minimum atomic E-state index is 0.750. The Morgan fingerprint density at radius 1 is 2.00 bits per heavy atom. The normalized spacial score (nSPS) is 24.0. The van der Waals surface area contributed by atoms with Gasteiger partial charge in [-0.05, 0) is 0 Å². The quantitative estimate of drug-likeness (QED) is 0.463. The van der Waals surface area contributed by atoms with E-state index in [-0.39, 0.29) is 0 Å². The van der Waals surface area contributed by atoms with Crippen LogP contribution in [0.5, 0.6) is 0 Å². The summed E-state index contributed by atoms with van der Waals surface area (Å²) < 4.78 is 0. The summed E-state index contributed by atoms with van der Waals surface area (Å²) in [5, 5.41) is 0. The van der Waals surface area contributed by atoms with Crippen LogP contribution >= 0.6 is 11.8 Å². The Kier molecular flexibility index (Phi) is 1.14. The fourth-order valence-electron chi connectivity index (χ4n) is 0.170. The van der Waals surface area contributed by atoms with Gasteiger partial charge in [0.05, 0.1) is 0 Å². The van der Waals surface area contributed by atoms with E-state index >= 15 is 0 Å². The second-order valence-electron chi connectivity index (χ2n) is 0.665. The summed E-state index contributed by atoms with van der Waals surface area (Å²) in [6.07, 6.45) is 0. The first-order valence-electron chi connectivity index (χ1n) is 1.31. The van der Waals surface area contributed by atoms with Crippen LogP contribution in [0.15, 0.2) is 0 Å². The molecule has 0 aliphatic carbocycles. The molecule has 1 N–H and O–H groups in total. The molecule has 0 aromatic heterocycles. The lowest BCUT2D eigenvalue weighted by Crippen LogP contribution is -1.96. The number of hydroxylamine groups is 1. The molecule has 0 amide bonds. The van der Waals surface area contributed by atoms with Crippen LogP contribution in [0.1, 0.15) is 0 Å². The Hall–Kier alpha value is 0.270. The zero-order valence-corrected chi connectivity index (χ0v) is 3.42. The third-order valence-electron chi connectivity index (χ3n) is 0.342. The highest BCUT2D eigenvalue weighted by Gasteiger charge is 1.94. The molecule has 0 bridgehead atoms. The van der Waals surface area contributed by atoms with Crippen LogP contribution in [0, 0.1) is 5.88 Å². The van der Waals surface area contributed by atoms with Gasteiger partial charge in [0.1, 0.15) is 11.8 Å². The molecule has 3 heteroatoms. The first kappa shape index (κ1) is 3.46. The van der Waals surface area contributed by atoms with Crippen molar-refractivity contribution in [2.75, 3.05) is 5.94 Å². The minimum absolute atomic E-state index is 0.750. The van der Waals surface area contributed by atoms with Crippen LogP contribution < -0.4 is 5.48 Å². The highest BCUT2D eigenvalue weighted by atomic mass is 32.2. The highest BCUT2D eigenvalue weighted by Crippen LogP contribution is 2.06. The van der Waals surface area contributed by atoms with E-state index in [1.54, 1.807) is 17.6 Å². The van der Waals surface area contributed by atoms with Gasteiger partial charge in [0, 0.05) is 0 Å². The molecule has 0 unspecified atom stereocenters. The van der Waals surface area contributed by atoms with Gasteiger partial charge < -0.3 is 0 Å². The topological polar surface area (TPSA) is 21.3 Å². The van der Waals surface area contributed by atoms with E-state index in [1.807, 2.05) is 0 Å². The fourth-order valence-corrected chi connectivity index (χ4v) is 0.510. The Bertz CT molecular complexity index is 21.2. The smallest absolute Gasteiger partial charge is 0.115 e. The van der Waals surface area contributed by atoms with Crippen molar-refractivity contribution in [2.45, 2.75) is 0 Å². The van der Waals surface area contributed by atoms with Gasteiger partial charge in [0.25, 0.3) is 0 Å². The third-order valence-corrected chi connectivity index (χ3v) is 0.859. The highest BCUT2D eigenvalue weighted by molar-refractivity contribution is 8.01. The van der Waals surface area contributed by atoms with E-state index in [1.165, 1.54) is 0 Å². The van der Waals surface area contributed by atoms with Crippen LogP contribution in [0.4, 0.5) is 0 Å². The van der Waals surface area contributed by atoms with E-state index in [4.69, 9.17) is 0 Å². The van der Waals surface area contributed by atoms with Crippen molar-refractivity contribution in [1.82, 2.24) is 5.48 Å². The maximum Gasteiger partial charge on any atom is 0.115 e. The summed E-state index contributed by atoms with van der Waals surface area (Å²) in [7, 11) is 0. The number of hydrogen-bond acceptors (Lipinski definition) is 3. The maximum absolute atomic E-state index is 4.60. The molecule has 0 aromatic carbocycles. The Balaban J connectivity index is 2.08. The fraction of sp³-hybridized carbons (Fsp3) is 0.500. The van der Waals surface area contributed by atoms with Gasteiger partial charge in [0.15, 0.2) is 0 Å². The van der Waals surface area contributed by atoms with Gasteiger partial charge in [-0.25, -0.2) is 0 Å². The predicted molar refractivity (Wildman–Crippen MR) is 21.0 cm³/mol. The molecule has 1 aliphatic heterocycles. The summed E-state index contributed by atoms with van der Waals surface area (Å²) in [6.45, 7) is 0. The third kappa shape index (κ3) is 0.792. The first-order valence-corrected chi connectivity index (χ1v) is 2.35. The van der Waals surface area contributed by atoms with E-state index in [2.05, 4.69) is 10.3 Å². The molecule has 1 aliphatic rings. The summed E-state index contributed by atoms with van der Waals surface area (Å²) in [6, 6.07) is 0. The molecular formula is C2H4NOS. The Labute approximate surface area is 34.8 Å². The van der Waals surface area contributed by atoms with Gasteiger partial charge in [-0.1, -0.05) is 0 Å². The van der Waals surface area contributed by atoms with Crippen LogP contribution in [-0.2, 0) is 4.84 Å². The maximum atomic E-state index is 4.60. The molecule has 5 heavy (non-hydrogen) atoms. The van der Waals surface area contributed by atoms with Crippen molar-refractivity contribution < 1.29 is 4.84 Å². The van der Waals surface area contributed by atoms with Gasteiger partial charge in [-0.2, -0.15) is 5.48 Å². The summed E-state index contributed by atoms with van der Waals surface area (Å²) in [5.74, 6) is 2.56. The summed E-state index contributed by atoms with van der Waals surface area (Å²) in [5.41, 5.74) is 2.56. The summed E-state index contributed by atoms with van der Waals surface area (Å²) >= 11 is 1.62. The lowest BCUT2D eigenvalue weighted by atomic mass is 11.5. The lowest BCUT2D eigenvalue weighted by Gasteiger charge is -1.77. The molecule has 1 rings (SSSR count). The molecular weight excluding hydrogens is 86.1 g/mol. The predicted octanol–water partition coefficient (Wildman–Crippen LogP) is 0.331. The van der Waals surface area contributed by atoms with Crippen LogP contribution in [0.3, 0.4) is 0 Å². The molecule has 1 fully saturated rings. The molecule has 2 nitrogen and oxygen atoms in total. The molecule has 1 radical (unpaired) electrons. The minimum Gasteiger partial charge on any atom is -0.290 e. The van der Waals surface area contributed by atoms with Gasteiger partial charge >= 0.3 is 0 Å². The number of hydrogen-bond donors (Lipinski definition) is 1. The largest absolute Gasteiger partial charge is 0.290 e. The lowest BCUT2D eigenvalue weighted by molar-refractivity contribution is 0.122. The van der Waals surface area contributed by atoms with Crippen molar-refractivity contribution in [3.05, 3.63) is 5.88 Å². The van der Waals surface area contributed by atoms with Gasteiger partial charge in [0.2, 0.25) is 0 Å². The molecule has 0 aromatic rings. The summed E-state index contributed by atoms with van der Waals surface area (Å²) in [4.78, 5) is 4.60. The number of rotatable bonds is 0. The number of thioether (sulfide) groups is 1.